The van der Waals surface area contributed by atoms with Crippen molar-refractivity contribution < 1.29 is 59.0 Å². The quantitative estimate of drug-likeness (QED) is 0.0553. The number of hydrogen-bond acceptors (Lipinski definition) is 15. The summed E-state index contributed by atoms with van der Waals surface area (Å²) in [6.07, 6.45) is -1.06. The standard InChI is InChI=1S/C29H25N5O13S3/c30-23-12-21-15(9-26(23)49(41,42)43)10-27(50(44,45)46)28(29(21)37)34-33-25-8-7-24(20-6-5-19(11-22(20)25)48(38,39)40)32-31-16-1-3-18(4-2-16)47-14-17(36)13-35/h1-12,17,35-37H,13-14,30H2,(H,38,39,40)(H,41,42,43)(H,44,45,46). The Bertz CT molecular complexity index is 2540. The Labute approximate surface area is 283 Å². The van der Waals surface area contributed by atoms with Crippen molar-refractivity contribution in [3.8, 4) is 11.5 Å². The Morgan fingerprint density at radius 2 is 1.28 bits per heavy atom. The van der Waals surface area contributed by atoms with Crippen molar-refractivity contribution in [2.45, 2.75) is 20.8 Å². The molecule has 0 aliphatic heterocycles. The van der Waals surface area contributed by atoms with Gasteiger partial charge < -0.3 is 25.8 Å². The molecule has 0 aliphatic carbocycles. The SMILES string of the molecule is Nc1cc2c(O)c(N=Nc3ccc(N=Nc4ccc(OCC(O)CO)cc4)c4ccc(S(=O)(=O)O)cc34)c(S(=O)(=O)O)cc2cc1S(=O)(=O)O. The number of aromatic hydroxyl groups is 1. The van der Waals surface area contributed by atoms with E-state index in [2.05, 4.69) is 20.5 Å². The normalized spacial score (nSPS) is 13.5. The van der Waals surface area contributed by atoms with Crippen LogP contribution in [0.3, 0.4) is 0 Å². The van der Waals surface area contributed by atoms with Crippen molar-refractivity contribution in [1.82, 2.24) is 0 Å². The third-order valence-electron chi connectivity index (χ3n) is 7.00. The van der Waals surface area contributed by atoms with Crippen molar-refractivity contribution in [2.75, 3.05) is 18.9 Å². The lowest BCUT2D eigenvalue weighted by Gasteiger charge is -2.11. The topological polar surface area (TPSA) is 308 Å². The Kier molecular flexibility index (Phi) is 9.87. The molecule has 262 valence electrons. The molecule has 1 unspecified atom stereocenters. The minimum atomic E-state index is -5.16. The molecule has 0 bridgehead atoms. The Morgan fingerprint density at radius 1 is 0.680 bits per heavy atom. The summed E-state index contributed by atoms with van der Waals surface area (Å²) in [5.41, 5.74) is 4.83. The fourth-order valence-electron chi connectivity index (χ4n) is 4.61. The molecule has 1 atom stereocenters. The van der Waals surface area contributed by atoms with Gasteiger partial charge in [-0.15, -0.1) is 15.3 Å². The maximum atomic E-state index is 12.3. The van der Waals surface area contributed by atoms with Crippen LogP contribution in [0.5, 0.6) is 11.5 Å². The van der Waals surface area contributed by atoms with Crippen molar-refractivity contribution >= 4 is 80.3 Å². The van der Waals surface area contributed by atoms with Gasteiger partial charge in [0.25, 0.3) is 30.4 Å². The molecular weight excluding hydrogens is 723 g/mol. The molecule has 0 amide bonds. The molecule has 0 saturated heterocycles. The maximum absolute atomic E-state index is 12.3. The van der Waals surface area contributed by atoms with E-state index in [4.69, 9.17) is 15.6 Å². The second-order valence-corrected chi connectivity index (χ2v) is 14.7. The average molecular weight is 748 g/mol. The first kappa shape index (κ1) is 36.2. The van der Waals surface area contributed by atoms with E-state index in [9.17, 15) is 49.1 Å². The monoisotopic (exact) mass is 747 g/mol. The van der Waals surface area contributed by atoms with Gasteiger partial charge in [0.2, 0.25) is 0 Å². The van der Waals surface area contributed by atoms with Crippen molar-refractivity contribution in [3.63, 3.8) is 0 Å². The van der Waals surface area contributed by atoms with Gasteiger partial charge in [0.05, 0.1) is 34.3 Å². The van der Waals surface area contributed by atoms with E-state index in [-0.39, 0.29) is 39.5 Å². The average Bonchev–Trinajstić information content (AvgIpc) is 3.04. The number of phenols is 1. The highest BCUT2D eigenvalue weighted by molar-refractivity contribution is 7.86. The number of nitrogen functional groups attached to an aromatic ring is 1. The first-order valence-corrected chi connectivity index (χ1v) is 18.1. The predicted octanol–water partition coefficient (Wildman–Crippen LogP) is 4.58. The molecule has 5 aromatic carbocycles. The molecule has 0 radical (unpaired) electrons. The highest BCUT2D eigenvalue weighted by Gasteiger charge is 2.25. The molecule has 0 aromatic heterocycles. The van der Waals surface area contributed by atoms with Crippen LogP contribution < -0.4 is 10.5 Å². The zero-order valence-electron chi connectivity index (χ0n) is 25.1. The van der Waals surface area contributed by atoms with E-state index in [1.165, 1.54) is 18.2 Å². The lowest BCUT2D eigenvalue weighted by Crippen LogP contribution is -2.21. The van der Waals surface area contributed by atoms with Gasteiger partial charge in [-0.1, -0.05) is 6.07 Å². The van der Waals surface area contributed by atoms with Crippen LogP contribution in [-0.4, -0.2) is 73.5 Å². The number of benzene rings is 5. The molecule has 50 heavy (non-hydrogen) atoms. The van der Waals surface area contributed by atoms with Crippen molar-refractivity contribution in [2.24, 2.45) is 20.5 Å². The lowest BCUT2D eigenvalue weighted by molar-refractivity contribution is 0.0536. The number of nitrogens with two attached hydrogens (primary N) is 1. The number of aliphatic hydroxyl groups is 2. The minimum Gasteiger partial charge on any atom is -0.505 e. The number of phenolic OH excluding ortho intramolecular Hbond substituents is 1. The summed E-state index contributed by atoms with van der Waals surface area (Å²) in [5, 5.41) is 45.2. The molecular formula is C29H25N5O13S3. The number of hydrogen-bond donors (Lipinski definition) is 7. The lowest BCUT2D eigenvalue weighted by atomic mass is 10.1. The first-order valence-electron chi connectivity index (χ1n) is 13.8. The largest absolute Gasteiger partial charge is 0.505 e. The third-order valence-corrected chi connectivity index (χ3v) is 9.62. The number of aliphatic hydroxyl groups excluding tert-OH is 2. The van der Waals surface area contributed by atoms with Crippen LogP contribution in [0.1, 0.15) is 0 Å². The van der Waals surface area contributed by atoms with Gasteiger partial charge in [-0.2, -0.15) is 30.4 Å². The molecule has 5 rings (SSSR count). The number of rotatable bonds is 11. The summed E-state index contributed by atoms with van der Waals surface area (Å²) in [7, 11) is -14.8. The van der Waals surface area contributed by atoms with Crippen LogP contribution in [0.25, 0.3) is 21.5 Å². The number of ether oxygens (including phenoxy) is 1. The minimum absolute atomic E-state index is 0.0160. The fourth-order valence-corrected chi connectivity index (χ4v) is 6.41. The molecule has 0 saturated carbocycles. The molecule has 0 fully saturated rings. The van der Waals surface area contributed by atoms with Gasteiger partial charge in [-0.25, -0.2) is 0 Å². The van der Waals surface area contributed by atoms with Crippen LogP contribution in [0, 0.1) is 0 Å². The van der Waals surface area contributed by atoms with Crippen molar-refractivity contribution in [3.05, 3.63) is 72.8 Å². The molecule has 21 heteroatoms. The van der Waals surface area contributed by atoms with Crippen LogP contribution >= 0.6 is 0 Å². The maximum Gasteiger partial charge on any atom is 0.296 e. The van der Waals surface area contributed by atoms with Crippen LogP contribution in [0.15, 0.2) is 108 Å². The van der Waals surface area contributed by atoms with E-state index in [1.54, 1.807) is 24.3 Å². The summed E-state index contributed by atoms with van der Waals surface area (Å²) >= 11 is 0. The van der Waals surface area contributed by atoms with E-state index >= 15 is 0 Å². The third kappa shape index (κ3) is 7.85. The van der Waals surface area contributed by atoms with Crippen LogP contribution in [-0.2, 0) is 30.4 Å². The molecule has 0 heterocycles. The Morgan fingerprint density at radius 3 is 1.88 bits per heavy atom. The first-order chi connectivity index (χ1) is 23.4. The van der Waals surface area contributed by atoms with Crippen LogP contribution in [0.4, 0.5) is 28.4 Å². The van der Waals surface area contributed by atoms with Gasteiger partial charge in [-0.3, -0.25) is 13.7 Å². The second-order valence-electron chi connectivity index (χ2n) is 10.5. The highest BCUT2D eigenvalue weighted by Crippen LogP contribution is 2.44. The van der Waals surface area contributed by atoms with E-state index in [1.807, 2.05) is 0 Å². The van der Waals surface area contributed by atoms with Crippen molar-refractivity contribution in [1.29, 1.82) is 0 Å². The molecule has 5 aromatic rings. The Hall–Kier alpha value is -5.13. The summed E-state index contributed by atoms with van der Waals surface area (Å²) in [6.45, 7) is -0.607. The molecule has 18 nitrogen and oxygen atoms in total. The number of anilines is 1. The van der Waals surface area contributed by atoms with E-state index in [0.29, 0.717) is 11.4 Å². The highest BCUT2D eigenvalue weighted by atomic mass is 32.2. The fraction of sp³-hybridized carbons (Fsp3) is 0.103. The smallest absolute Gasteiger partial charge is 0.296 e. The summed E-state index contributed by atoms with van der Waals surface area (Å²) in [4.78, 5) is -2.35. The number of nitrogens with zero attached hydrogens (tertiary/aromatic N) is 4. The van der Waals surface area contributed by atoms with Gasteiger partial charge >= 0.3 is 0 Å². The number of fused-ring (bicyclic) bond motifs is 2. The van der Waals surface area contributed by atoms with Gasteiger partial charge in [-0.05, 0) is 72.1 Å². The van der Waals surface area contributed by atoms with Gasteiger partial charge in [0.15, 0.2) is 5.75 Å². The van der Waals surface area contributed by atoms with E-state index < -0.39 is 74.9 Å². The zero-order valence-corrected chi connectivity index (χ0v) is 27.5. The summed E-state index contributed by atoms with van der Waals surface area (Å²) in [6, 6.07) is 14.8. The second kappa shape index (κ2) is 13.6. The molecule has 0 spiro atoms. The van der Waals surface area contributed by atoms with Gasteiger partial charge in [0, 0.05) is 16.2 Å². The molecule has 0 aliphatic rings. The molecule has 8 N–H and O–H groups in total. The zero-order chi connectivity index (χ0) is 36.6. The number of azo groups is 2. The van der Waals surface area contributed by atoms with Gasteiger partial charge in [0.1, 0.15) is 33.9 Å². The van der Waals surface area contributed by atoms with E-state index in [0.717, 1.165) is 30.3 Å². The Balaban J connectivity index is 1.61. The predicted molar refractivity (Wildman–Crippen MR) is 177 cm³/mol. The summed E-state index contributed by atoms with van der Waals surface area (Å²) < 4.78 is 106. The summed E-state index contributed by atoms with van der Waals surface area (Å²) in [5.74, 6) is -0.517. The van der Waals surface area contributed by atoms with Crippen LogP contribution in [0.2, 0.25) is 0 Å².